The number of rotatable bonds is 1. The van der Waals surface area contributed by atoms with Gasteiger partial charge in [-0.2, -0.15) is 0 Å². The Balaban J connectivity index is 0.00000112. The van der Waals surface area contributed by atoms with Crippen LogP contribution in [-0.2, 0) is 0 Å². The van der Waals surface area contributed by atoms with Crippen molar-refractivity contribution >= 4 is 11.6 Å². The summed E-state index contributed by atoms with van der Waals surface area (Å²) in [5.74, 6) is 0.000556. The molecule has 0 spiro atoms. The molecule has 0 saturated carbocycles. The summed E-state index contributed by atoms with van der Waals surface area (Å²) in [4.78, 5) is 0. The molecule has 2 aromatic carbocycles. The molecule has 0 fully saturated rings. The van der Waals surface area contributed by atoms with Crippen molar-refractivity contribution in [2.45, 2.75) is 0 Å². The van der Waals surface area contributed by atoms with Crippen LogP contribution in [0.15, 0.2) is 48.5 Å². The molecule has 0 aromatic heterocycles. The molecule has 0 amide bonds. The molecule has 0 heterocycles. The molecule has 1 nitrogen and oxygen atoms in total. The van der Waals surface area contributed by atoms with E-state index in [-0.39, 0.29) is 35.3 Å². The largest absolute Gasteiger partial charge is 1.00 e. The Labute approximate surface area is 116 Å². The molecule has 70 valence electrons. The number of halogens is 1. The van der Waals surface area contributed by atoms with Crippen molar-refractivity contribution in [2.24, 2.45) is 0 Å². The molecule has 0 aliphatic carbocycles. The molecule has 2 rings (SSSR count). The van der Waals surface area contributed by atoms with Gasteiger partial charge in [-0.25, -0.2) is 0 Å². The van der Waals surface area contributed by atoms with Gasteiger partial charge < -0.3 is 5.11 Å². The Bertz CT molecular complexity index is 413. The van der Waals surface area contributed by atoms with Crippen LogP contribution in [0.25, 0.3) is 11.1 Å². The predicted molar refractivity (Wildman–Crippen MR) is 56.3 cm³/mol. The maximum Gasteiger partial charge on any atom is 1.00 e. The second kappa shape index (κ2) is 5.57. The van der Waals surface area contributed by atoms with Gasteiger partial charge in [0, 0.05) is 5.02 Å². The van der Waals surface area contributed by atoms with Crippen molar-refractivity contribution in [3.63, 3.8) is 0 Å². The molecular weight excluding hydrogens is 219 g/mol. The molecule has 0 aliphatic rings. The Morgan fingerprint density at radius 3 is 1.93 bits per heavy atom. The van der Waals surface area contributed by atoms with Crippen LogP contribution in [0.5, 0.6) is 5.75 Å². The van der Waals surface area contributed by atoms with Crippen molar-refractivity contribution in [3.8, 4) is 16.9 Å². The fourth-order valence-corrected chi connectivity index (χ4v) is 1.61. The molecule has 0 atom stereocenters. The topological polar surface area (TPSA) is 23.1 Å². The van der Waals surface area contributed by atoms with E-state index >= 15 is 0 Å². The van der Waals surface area contributed by atoms with E-state index in [1.165, 1.54) is 0 Å². The zero-order valence-corrected chi connectivity index (χ0v) is 11.2. The first-order valence-corrected chi connectivity index (χ1v) is 4.68. The summed E-state index contributed by atoms with van der Waals surface area (Å²) in [6, 6.07) is 14.2. The van der Waals surface area contributed by atoms with E-state index in [4.69, 9.17) is 11.6 Å². The van der Waals surface area contributed by atoms with E-state index in [0.717, 1.165) is 5.56 Å². The number of para-hydroxylation sites is 1. The Kier molecular flexibility index (Phi) is 4.68. The molecule has 2 aromatic rings. The van der Waals surface area contributed by atoms with Crippen LogP contribution in [0.1, 0.15) is 0 Å². The van der Waals surface area contributed by atoms with Crippen LogP contribution >= 0.6 is 11.6 Å². The molecule has 0 bridgehead atoms. The summed E-state index contributed by atoms with van der Waals surface area (Å²) in [6.45, 7) is 0. The Hall–Kier alpha value is -0.470. The minimum absolute atomic E-state index is 0. The van der Waals surface area contributed by atoms with Crippen LogP contribution in [0.3, 0.4) is 0 Å². The first-order chi connectivity index (χ1) is 6.79. The summed E-state index contributed by atoms with van der Waals surface area (Å²) in [5, 5.41) is 12.1. The summed E-state index contributed by atoms with van der Waals surface area (Å²) in [5.41, 5.74) is 1.44. The molecule has 0 radical (unpaired) electrons. The van der Waals surface area contributed by atoms with E-state index < -0.39 is 0 Å². The standard InChI is InChI=1S/C12H9ClO.Na/c13-11-7-3-1-5-9(11)10-6-2-4-8-12(10)14;/h1-8,14H;/q;+1/p-1. The van der Waals surface area contributed by atoms with Crippen LogP contribution in [0.2, 0.25) is 5.02 Å². The van der Waals surface area contributed by atoms with Gasteiger partial charge in [-0.15, -0.1) is 5.75 Å². The van der Waals surface area contributed by atoms with Gasteiger partial charge in [0.1, 0.15) is 0 Å². The van der Waals surface area contributed by atoms with Gasteiger partial charge in [0.25, 0.3) is 0 Å². The van der Waals surface area contributed by atoms with Gasteiger partial charge in [-0.3, -0.25) is 0 Å². The normalized spacial score (nSPS) is 9.40. The zero-order valence-electron chi connectivity index (χ0n) is 8.41. The number of benzene rings is 2. The monoisotopic (exact) mass is 226 g/mol. The van der Waals surface area contributed by atoms with E-state index in [1.807, 2.05) is 24.3 Å². The molecule has 0 saturated heterocycles. The Morgan fingerprint density at radius 1 is 0.800 bits per heavy atom. The maximum atomic E-state index is 11.5. The third-order valence-electron chi connectivity index (χ3n) is 2.05. The average Bonchev–Trinajstić information content (AvgIpc) is 2.20. The van der Waals surface area contributed by atoms with Gasteiger partial charge >= 0.3 is 29.6 Å². The van der Waals surface area contributed by atoms with Crippen molar-refractivity contribution in [1.82, 2.24) is 0 Å². The fraction of sp³-hybridized carbons (Fsp3) is 0. The third-order valence-corrected chi connectivity index (χ3v) is 2.38. The van der Waals surface area contributed by atoms with E-state index in [9.17, 15) is 5.11 Å². The van der Waals surface area contributed by atoms with E-state index in [2.05, 4.69) is 0 Å². The van der Waals surface area contributed by atoms with Crippen molar-refractivity contribution in [2.75, 3.05) is 0 Å². The molecule has 0 aliphatic heterocycles. The molecule has 0 N–H and O–H groups in total. The van der Waals surface area contributed by atoms with Gasteiger partial charge in [0.15, 0.2) is 0 Å². The minimum Gasteiger partial charge on any atom is -0.872 e. The predicted octanol–water partition coefficient (Wildman–Crippen LogP) is 0.0846. The molecule has 0 unspecified atom stereocenters. The quantitative estimate of drug-likeness (QED) is 0.632. The Morgan fingerprint density at radius 2 is 1.33 bits per heavy atom. The van der Waals surface area contributed by atoms with Crippen LogP contribution < -0.4 is 34.7 Å². The number of hydrogen-bond donors (Lipinski definition) is 0. The van der Waals surface area contributed by atoms with Crippen molar-refractivity contribution in [1.29, 1.82) is 0 Å². The second-order valence-corrected chi connectivity index (χ2v) is 3.38. The minimum atomic E-state index is 0. The second-order valence-electron chi connectivity index (χ2n) is 2.98. The summed E-state index contributed by atoms with van der Waals surface area (Å²) < 4.78 is 0. The first kappa shape index (κ1) is 12.6. The number of hydrogen-bond acceptors (Lipinski definition) is 1. The van der Waals surface area contributed by atoms with Crippen LogP contribution in [0, 0.1) is 0 Å². The van der Waals surface area contributed by atoms with E-state index in [0.29, 0.717) is 10.6 Å². The van der Waals surface area contributed by atoms with Gasteiger partial charge in [-0.1, -0.05) is 54.1 Å². The van der Waals surface area contributed by atoms with Crippen LogP contribution in [-0.4, -0.2) is 0 Å². The van der Waals surface area contributed by atoms with Crippen LogP contribution in [0.4, 0.5) is 0 Å². The smallest absolute Gasteiger partial charge is 0.872 e. The first-order valence-electron chi connectivity index (χ1n) is 4.30. The third kappa shape index (κ3) is 2.76. The maximum absolute atomic E-state index is 11.5. The molecule has 3 heteroatoms. The summed E-state index contributed by atoms with van der Waals surface area (Å²) in [6.07, 6.45) is 0. The van der Waals surface area contributed by atoms with Gasteiger partial charge in [0.2, 0.25) is 0 Å². The summed E-state index contributed by atoms with van der Waals surface area (Å²) in [7, 11) is 0. The zero-order chi connectivity index (χ0) is 9.97. The van der Waals surface area contributed by atoms with Crippen molar-refractivity contribution in [3.05, 3.63) is 53.6 Å². The van der Waals surface area contributed by atoms with Crippen molar-refractivity contribution < 1.29 is 34.7 Å². The molecular formula is C12H8ClNaO. The molecule has 15 heavy (non-hydrogen) atoms. The fourth-order valence-electron chi connectivity index (χ4n) is 1.37. The SMILES string of the molecule is [Na+].[O-]c1ccccc1-c1ccccc1Cl. The van der Waals surface area contributed by atoms with Gasteiger partial charge in [0.05, 0.1) is 0 Å². The summed E-state index contributed by atoms with van der Waals surface area (Å²) >= 11 is 5.99. The average molecular weight is 227 g/mol. The van der Waals surface area contributed by atoms with E-state index in [1.54, 1.807) is 24.3 Å². The van der Waals surface area contributed by atoms with Gasteiger partial charge in [-0.05, 0) is 17.2 Å².